The Hall–Kier alpha value is -4.01. The third-order valence-electron chi connectivity index (χ3n) is 6.52. The molecule has 35 heavy (non-hydrogen) atoms. The van der Waals surface area contributed by atoms with Crippen LogP contribution in [-0.2, 0) is 7.05 Å². The van der Waals surface area contributed by atoms with Crippen molar-refractivity contribution >= 4 is 23.0 Å². The summed E-state index contributed by atoms with van der Waals surface area (Å²) < 4.78 is 1.09. The van der Waals surface area contributed by atoms with Crippen LogP contribution in [0, 0.1) is 0 Å². The first kappa shape index (κ1) is 24.1. The second kappa shape index (κ2) is 10.1. The SMILES string of the molecule is CN(C)C(=O)c1cccc(Nc2c(N[C@@H]3CCCC[C@H]3c3ccccc3)c(=O)[nH]n(C)c2=O)c1O. The number of amides is 1. The zero-order valence-corrected chi connectivity index (χ0v) is 20.2. The van der Waals surface area contributed by atoms with E-state index in [1.807, 2.05) is 18.2 Å². The highest BCUT2D eigenvalue weighted by atomic mass is 16.3. The molecule has 4 N–H and O–H groups in total. The van der Waals surface area contributed by atoms with Crippen molar-refractivity contribution in [3.8, 4) is 5.75 Å². The number of aromatic nitrogens is 2. The molecule has 0 saturated heterocycles. The second-order valence-corrected chi connectivity index (χ2v) is 9.13. The lowest BCUT2D eigenvalue weighted by atomic mass is 9.80. The monoisotopic (exact) mass is 477 g/mol. The van der Waals surface area contributed by atoms with Crippen molar-refractivity contribution in [2.24, 2.45) is 7.05 Å². The molecule has 1 heterocycles. The van der Waals surface area contributed by atoms with Gasteiger partial charge in [0, 0.05) is 33.1 Å². The normalized spacial score (nSPS) is 17.6. The van der Waals surface area contributed by atoms with Gasteiger partial charge in [-0.05, 0) is 30.5 Å². The number of H-pyrrole nitrogens is 1. The maximum absolute atomic E-state index is 13.1. The van der Waals surface area contributed by atoms with E-state index in [4.69, 9.17) is 0 Å². The molecule has 3 aromatic rings. The van der Waals surface area contributed by atoms with Crippen LogP contribution in [0.4, 0.5) is 17.1 Å². The van der Waals surface area contributed by atoms with Crippen LogP contribution < -0.4 is 21.8 Å². The van der Waals surface area contributed by atoms with E-state index in [1.54, 1.807) is 26.2 Å². The summed E-state index contributed by atoms with van der Waals surface area (Å²) >= 11 is 0. The minimum atomic E-state index is -0.470. The number of aryl methyl sites for hydroxylation is 1. The maximum Gasteiger partial charge on any atom is 0.290 e. The highest BCUT2D eigenvalue weighted by molar-refractivity contribution is 5.98. The van der Waals surface area contributed by atoms with Gasteiger partial charge >= 0.3 is 0 Å². The summed E-state index contributed by atoms with van der Waals surface area (Å²) in [6, 6.07) is 14.8. The molecule has 9 heteroatoms. The molecule has 0 radical (unpaired) electrons. The Morgan fingerprint density at radius 1 is 1.03 bits per heavy atom. The first-order valence-corrected chi connectivity index (χ1v) is 11.7. The molecule has 0 spiro atoms. The summed E-state index contributed by atoms with van der Waals surface area (Å²) in [5.74, 6) is -0.480. The molecule has 1 fully saturated rings. The Balaban J connectivity index is 1.74. The van der Waals surface area contributed by atoms with Crippen molar-refractivity contribution in [2.75, 3.05) is 24.7 Å². The van der Waals surface area contributed by atoms with Gasteiger partial charge in [-0.1, -0.05) is 49.2 Å². The molecule has 4 rings (SSSR count). The van der Waals surface area contributed by atoms with Gasteiger partial charge in [-0.25, -0.2) is 0 Å². The summed E-state index contributed by atoms with van der Waals surface area (Å²) in [5.41, 5.74) is 0.643. The number of anilines is 3. The summed E-state index contributed by atoms with van der Waals surface area (Å²) in [4.78, 5) is 39.9. The Bertz CT molecular complexity index is 1330. The van der Waals surface area contributed by atoms with Crippen molar-refractivity contribution in [2.45, 2.75) is 37.6 Å². The quantitative estimate of drug-likeness (QED) is 0.404. The van der Waals surface area contributed by atoms with Crippen LogP contribution in [0.5, 0.6) is 5.75 Å². The van der Waals surface area contributed by atoms with Crippen LogP contribution in [0.3, 0.4) is 0 Å². The number of rotatable bonds is 6. The van der Waals surface area contributed by atoms with Gasteiger partial charge in [0.1, 0.15) is 11.4 Å². The van der Waals surface area contributed by atoms with Gasteiger partial charge in [0.05, 0.1) is 11.3 Å². The Kier molecular flexibility index (Phi) is 6.95. The number of nitrogens with one attached hydrogen (secondary N) is 3. The van der Waals surface area contributed by atoms with Crippen LogP contribution in [0.1, 0.15) is 47.5 Å². The highest BCUT2D eigenvalue weighted by Crippen LogP contribution is 2.36. The molecule has 1 aliphatic rings. The molecule has 0 unspecified atom stereocenters. The van der Waals surface area contributed by atoms with E-state index in [-0.39, 0.29) is 46.2 Å². The van der Waals surface area contributed by atoms with Crippen molar-refractivity contribution < 1.29 is 9.90 Å². The molecule has 2 atom stereocenters. The first-order valence-electron chi connectivity index (χ1n) is 11.7. The molecular weight excluding hydrogens is 446 g/mol. The fraction of sp³-hybridized carbons (Fsp3) is 0.346. The number of aromatic amines is 1. The number of phenolic OH excluding ortho intramolecular Hbond substituents is 1. The number of aromatic hydroxyl groups is 1. The summed E-state index contributed by atoms with van der Waals surface area (Å²) in [6.45, 7) is 0. The molecular formula is C26H31N5O4. The molecule has 184 valence electrons. The topological polar surface area (TPSA) is 119 Å². The second-order valence-electron chi connectivity index (χ2n) is 9.13. The van der Waals surface area contributed by atoms with Gasteiger partial charge in [0.15, 0.2) is 5.75 Å². The van der Waals surface area contributed by atoms with E-state index < -0.39 is 11.1 Å². The average molecular weight is 478 g/mol. The molecule has 9 nitrogen and oxygen atoms in total. The van der Waals surface area contributed by atoms with Gasteiger partial charge < -0.3 is 20.6 Å². The maximum atomic E-state index is 13.1. The largest absolute Gasteiger partial charge is 0.505 e. The van der Waals surface area contributed by atoms with Crippen molar-refractivity contribution in [1.29, 1.82) is 0 Å². The Labute approximate surface area is 203 Å². The van der Waals surface area contributed by atoms with E-state index in [0.29, 0.717) is 0 Å². The van der Waals surface area contributed by atoms with E-state index in [1.165, 1.54) is 23.6 Å². The lowest BCUT2D eigenvalue weighted by Gasteiger charge is -2.33. The van der Waals surface area contributed by atoms with Crippen molar-refractivity contribution in [3.05, 3.63) is 80.4 Å². The molecule has 1 saturated carbocycles. The molecule has 0 aliphatic heterocycles. The lowest BCUT2D eigenvalue weighted by molar-refractivity contribution is 0.0824. The number of hydrogen-bond donors (Lipinski definition) is 4. The number of phenols is 1. The van der Waals surface area contributed by atoms with Crippen LogP contribution in [0.15, 0.2) is 58.1 Å². The molecule has 1 aliphatic carbocycles. The lowest BCUT2D eigenvalue weighted by Crippen LogP contribution is -2.37. The van der Waals surface area contributed by atoms with E-state index in [9.17, 15) is 19.5 Å². The van der Waals surface area contributed by atoms with Crippen molar-refractivity contribution in [3.63, 3.8) is 0 Å². The zero-order chi connectivity index (χ0) is 25.1. The first-order chi connectivity index (χ1) is 16.8. The summed E-state index contributed by atoms with van der Waals surface area (Å²) in [7, 11) is 4.63. The number of carbonyl (C=O) groups is 1. The molecule has 1 amide bonds. The molecule has 0 bridgehead atoms. The fourth-order valence-electron chi connectivity index (χ4n) is 4.68. The number of carbonyl (C=O) groups excluding carboxylic acids is 1. The van der Waals surface area contributed by atoms with E-state index in [0.717, 1.165) is 30.4 Å². The third kappa shape index (κ3) is 4.94. The van der Waals surface area contributed by atoms with Gasteiger partial charge in [0.2, 0.25) is 0 Å². The zero-order valence-electron chi connectivity index (χ0n) is 20.2. The fourth-order valence-corrected chi connectivity index (χ4v) is 4.68. The van der Waals surface area contributed by atoms with Gasteiger partial charge in [0.25, 0.3) is 17.0 Å². The Morgan fingerprint density at radius 2 is 1.74 bits per heavy atom. The van der Waals surface area contributed by atoms with Crippen LogP contribution in [-0.4, -0.2) is 45.8 Å². The third-order valence-corrected chi connectivity index (χ3v) is 6.52. The van der Waals surface area contributed by atoms with Gasteiger partial charge in [-0.15, -0.1) is 0 Å². The molecule has 1 aromatic heterocycles. The van der Waals surface area contributed by atoms with Gasteiger partial charge in [-0.2, -0.15) is 0 Å². The summed E-state index contributed by atoms with van der Waals surface area (Å²) in [6.07, 6.45) is 3.94. The average Bonchev–Trinajstić information content (AvgIpc) is 2.86. The molecule has 2 aromatic carbocycles. The Morgan fingerprint density at radius 3 is 2.46 bits per heavy atom. The minimum Gasteiger partial charge on any atom is -0.505 e. The standard InChI is InChI=1S/C26H31N5O4/c1-30(2)25(34)18-13-9-15-20(23(18)32)28-22-21(24(33)29-31(3)26(22)35)27-19-14-8-7-12-17(19)16-10-5-4-6-11-16/h4-6,9-11,13,15,17,19,27-28,32H,7-8,12,14H2,1-3H3,(H,29,33)/t17-,19+/m0/s1. The van der Waals surface area contributed by atoms with Crippen LogP contribution in [0.2, 0.25) is 0 Å². The number of hydrogen-bond acceptors (Lipinski definition) is 6. The predicted octanol–water partition coefficient (Wildman–Crippen LogP) is 3.36. The number of para-hydroxylation sites is 1. The van der Waals surface area contributed by atoms with Gasteiger partial charge in [-0.3, -0.25) is 24.2 Å². The van der Waals surface area contributed by atoms with Crippen molar-refractivity contribution in [1.82, 2.24) is 14.7 Å². The summed E-state index contributed by atoms with van der Waals surface area (Å²) in [5, 5.41) is 19.6. The van der Waals surface area contributed by atoms with E-state index >= 15 is 0 Å². The van der Waals surface area contributed by atoms with E-state index in [2.05, 4.69) is 27.9 Å². The minimum absolute atomic E-state index is 0.0124. The predicted molar refractivity (Wildman–Crippen MR) is 137 cm³/mol. The van der Waals surface area contributed by atoms with Crippen LogP contribution in [0.25, 0.3) is 0 Å². The van der Waals surface area contributed by atoms with Crippen LogP contribution >= 0.6 is 0 Å². The number of nitrogens with zero attached hydrogens (tertiary/aromatic N) is 2. The smallest absolute Gasteiger partial charge is 0.290 e. The highest BCUT2D eigenvalue weighted by Gasteiger charge is 2.29. The number of benzene rings is 2.